The number of likely N-dealkylation sites (tertiary alicyclic amines) is 1. The zero-order chi connectivity index (χ0) is 17.0. The van der Waals surface area contributed by atoms with Crippen LogP contribution in [0.5, 0.6) is 0 Å². The maximum absolute atomic E-state index is 12.2. The Hall–Kier alpha value is -1.63. The minimum Gasteiger partial charge on any atom is -0.352 e. The van der Waals surface area contributed by atoms with Gasteiger partial charge < -0.3 is 19.7 Å². The number of hydrogen-bond donors (Lipinski definition) is 1. The third-order valence-corrected chi connectivity index (χ3v) is 4.66. The standard InChI is InChI=1S/C17H21ClN2O4/c18-14-3-1-13(2-4-14)12-19-15(21)11-16(22)20-7-5-17(6-8-20)23-9-10-24-17/h1-4H,5-12H2,(H,19,21). The number of amides is 2. The van der Waals surface area contributed by atoms with E-state index in [0.717, 1.165) is 5.56 Å². The SMILES string of the molecule is O=C(CC(=O)N1CCC2(CC1)OCCO2)NCc1ccc(Cl)cc1. The van der Waals surface area contributed by atoms with Crippen LogP contribution in [-0.4, -0.2) is 48.8 Å². The van der Waals surface area contributed by atoms with Crippen LogP contribution in [0.1, 0.15) is 24.8 Å². The van der Waals surface area contributed by atoms with Crippen molar-refractivity contribution in [1.82, 2.24) is 10.2 Å². The number of piperidine rings is 1. The van der Waals surface area contributed by atoms with E-state index >= 15 is 0 Å². The van der Waals surface area contributed by atoms with Gasteiger partial charge in [0.25, 0.3) is 0 Å². The van der Waals surface area contributed by atoms with Gasteiger partial charge in [-0.2, -0.15) is 0 Å². The lowest BCUT2D eigenvalue weighted by Gasteiger charge is -2.37. The van der Waals surface area contributed by atoms with Gasteiger partial charge in [-0.3, -0.25) is 9.59 Å². The number of carbonyl (C=O) groups excluding carboxylic acids is 2. The largest absolute Gasteiger partial charge is 0.352 e. The van der Waals surface area contributed by atoms with Gasteiger partial charge in [0.15, 0.2) is 5.79 Å². The molecule has 0 atom stereocenters. The number of ether oxygens (including phenoxy) is 2. The van der Waals surface area contributed by atoms with Gasteiger partial charge in [0.05, 0.1) is 13.2 Å². The molecule has 1 aromatic rings. The quantitative estimate of drug-likeness (QED) is 0.838. The molecule has 2 aliphatic heterocycles. The first-order chi connectivity index (χ1) is 11.6. The summed E-state index contributed by atoms with van der Waals surface area (Å²) in [7, 11) is 0. The molecule has 1 spiro atoms. The van der Waals surface area contributed by atoms with Crippen LogP contribution in [0, 0.1) is 0 Å². The molecule has 0 bridgehead atoms. The summed E-state index contributed by atoms with van der Waals surface area (Å²) in [6, 6.07) is 7.22. The molecule has 24 heavy (non-hydrogen) atoms. The number of hydrogen-bond acceptors (Lipinski definition) is 4. The molecule has 2 saturated heterocycles. The average molecular weight is 353 g/mol. The van der Waals surface area contributed by atoms with Crippen LogP contribution in [0.2, 0.25) is 5.02 Å². The smallest absolute Gasteiger partial charge is 0.232 e. The topological polar surface area (TPSA) is 67.9 Å². The molecule has 1 aromatic carbocycles. The Kier molecular flexibility index (Phi) is 5.38. The van der Waals surface area contributed by atoms with Gasteiger partial charge in [-0.05, 0) is 17.7 Å². The molecule has 0 saturated carbocycles. The highest BCUT2D eigenvalue weighted by atomic mass is 35.5. The number of halogens is 1. The third kappa shape index (κ3) is 4.26. The number of benzene rings is 1. The van der Waals surface area contributed by atoms with E-state index in [9.17, 15) is 9.59 Å². The van der Waals surface area contributed by atoms with E-state index in [-0.39, 0.29) is 18.2 Å². The van der Waals surface area contributed by atoms with Crippen LogP contribution in [0.15, 0.2) is 24.3 Å². The molecule has 3 rings (SSSR count). The molecule has 7 heteroatoms. The number of carbonyl (C=O) groups is 2. The molecule has 0 aromatic heterocycles. The van der Waals surface area contributed by atoms with Crippen molar-refractivity contribution in [3.8, 4) is 0 Å². The predicted octanol–water partition coefficient (Wildman–Crippen LogP) is 1.71. The van der Waals surface area contributed by atoms with Gasteiger partial charge in [0.1, 0.15) is 6.42 Å². The fourth-order valence-corrected chi connectivity index (χ4v) is 3.12. The Bertz CT molecular complexity index is 589. The first-order valence-electron chi connectivity index (χ1n) is 8.13. The molecule has 6 nitrogen and oxygen atoms in total. The van der Waals surface area contributed by atoms with Crippen molar-refractivity contribution < 1.29 is 19.1 Å². The highest BCUT2D eigenvalue weighted by Crippen LogP contribution is 2.31. The molecule has 2 aliphatic rings. The second-order valence-corrected chi connectivity index (χ2v) is 6.50. The number of nitrogens with one attached hydrogen (secondary N) is 1. The molecule has 0 aliphatic carbocycles. The second-order valence-electron chi connectivity index (χ2n) is 6.07. The number of nitrogens with zero attached hydrogens (tertiary/aromatic N) is 1. The van der Waals surface area contributed by atoms with Crippen molar-refractivity contribution in [2.45, 2.75) is 31.6 Å². The molecule has 0 radical (unpaired) electrons. The lowest BCUT2D eigenvalue weighted by molar-refractivity contribution is -0.187. The Labute approximate surface area is 146 Å². The van der Waals surface area contributed by atoms with Gasteiger partial charge >= 0.3 is 0 Å². The highest BCUT2D eigenvalue weighted by molar-refractivity contribution is 6.30. The Morgan fingerprint density at radius 3 is 2.38 bits per heavy atom. The minimum absolute atomic E-state index is 0.137. The van der Waals surface area contributed by atoms with Gasteiger partial charge in [0, 0.05) is 37.5 Å². The molecule has 0 unspecified atom stereocenters. The summed E-state index contributed by atoms with van der Waals surface area (Å²) in [5, 5.41) is 3.41. The lowest BCUT2D eigenvalue weighted by atomic mass is 10.0. The van der Waals surface area contributed by atoms with Crippen LogP contribution in [0.25, 0.3) is 0 Å². The van der Waals surface area contributed by atoms with Crippen molar-refractivity contribution in [3.63, 3.8) is 0 Å². The van der Waals surface area contributed by atoms with Gasteiger partial charge in [0.2, 0.25) is 11.8 Å². The summed E-state index contributed by atoms with van der Waals surface area (Å²) in [4.78, 5) is 25.9. The summed E-state index contributed by atoms with van der Waals surface area (Å²) >= 11 is 5.82. The average Bonchev–Trinajstić information content (AvgIpc) is 3.03. The van der Waals surface area contributed by atoms with Gasteiger partial charge in [-0.1, -0.05) is 23.7 Å². The Morgan fingerprint density at radius 1 is 1.12 bits per heavy atom. The monoisotopic (exact) mass is 352 g/mol. The first-order valence-corrected chi connectivity index (χ1v) is 8.51. The second kappa shape index (κ2) is 7.51. The zero-order valence-corrected chi connectivity index (χ0v) is 14.2. The van der Waals surface area contributed by atoms with Crippen LogP contribution in [-0.2, 0) is 25.6 Å². The summed E-state index contributed by atoms with van der Waals surface area (Å²) in [6.45, 7) is 2.72. The molecular weight excluding hydrogens is 332 g/mol. The lowest BCUT2D eigenvalue weighted by Crippen LogP contribution is -2.48. The molecule has 2 fully saturated rings. The Balaban J connectivity index is 1.41. The highest BCUT2D eigenvalue weighted by Gasteiger charge is 2.40. The van der Waals surface area contributed by atoms with E-state index in [1.807, 2.05) is 12.1 Å². The van der Waals surface area contributed by atoms with Crippen molar-refractivity contribution >= 4 is 23.4 Å². The normalized spacial score (nSPS) is 19.5. The van der Waals surface area contributed by atoms with E-state index in [4.69, 9.17) is 21.1 Å². The van der Waals surface area contributed by atoms with E-state index in [1.165, 1.54) is 0 Å². The molecule has 130 valence electrons. The van der Waals surface area contributed by atoms with E-state index in [2.05, 4.69) is 5.32 Å². The predicted molar refractivity (Wildman–Crippen MR) is 88.4 cm³/mol. The summed E-state index contributed by atoms with van der Waals surface area (Å²) in [5.41, 5.74) is 0.940. The maximum Gasteiger partial charge on any atom is 0.232 e. The van der Waals surface area contributed by atoms with E-state index in [0.29, 0.717) is 50.7 Å². The van der Waals surface area contributed by atoms with Crippen LogP contribution < -0.4 is 5.32 Å². The summed E-state index contributed by atoms with van der Waals surface area (Å²) in [5.74, 6) is -0.937. The molecule has 1 N–H and O–H groups in total. The van der Waals surface area contributed by atoms with Crippen LogP contribution in [0.4, 0.5) is 0 Å². The molecular formula is C17H21ClN2O4. The fraction of sp³-hybridized carbons (Fsp3) is 0.529. The zero-order valence-electron chi connectivity index (χ0n) is 13.4. The van der Waals surface area contributed by atoms with Crippen molar-refractivity contribution in [2.75, 3.05) is 26.3 Å². The summed E-state index contributed by atoms with van der Waals surface area (Å²) in [6.07, 6.45) is 1.18. The first kappa shape index (κ1) is 17.2. The molecule has 2 amide bonds. The van der Waals surface area contributed by atoms with Crippen molar-refractivity contribution in [1.29, 1.82) is 0 Å². The third-order valence-electron chi connectivity index (χ3n) is 4.41. The van der Waals surface area contributed by atoms with E-state index in [1.54, 1.807) is 17.0 Å². The minimum atomic E-state index is -0.506. The van der Waals surface area contributed by atoms with Crippen molar-refractivity contribution in [2.24, 2.45) is 0 Å². The van der Waals surface area contributed by atoms with Crippen LogP contribution >= 0.6 is 11.6 Å². The molecule has 2 heterocycles. The Morgan fingerprint density at radius 2 is 1.75 bits per heavy atom. The maximum atomic E-state index is 12.2. The van der Waals surface area contributed by atoms with Gasteiger partial charge in [-0.25, -0.2) is 0 Å². The van der Waals surface area contributed by atoms with Crippen molar-refractivity contribution in [3.05, 3.63) is 34.9 Å². The fourth-order valence-electron chi connectivity index (χ4n) is 3.00. The summed E-state index contributed by atoms with van der Waals surface area (Å²) < 4.78 is 11.3. The van der Waals surface area contributed by atoms with E-state index < -0.39 is 5.79 Å². The van der Waals surface area contributed by atoms with Gasteiger partial charge in [-0.15, -0.1) is 0 Å². The number of rotatable bonds is 4. The van der Waals surface area contributed by atoms with Crippen LogP contribution in [0.3, 0.4) is 0 Å².